The minimum absolute atomic E-state index is 0.104. The number of carbonyl (C=O) groups excluding carboxylic acids is 1. The second-order valence-electron chi connectivity index (χ2n) is 3.77. The predicted octanol–water partition coefficient (Wildman–Crippen LogP) is 2.98. The second kappa shape index (κ2) is 5.26. The topological polar surface area (TPSA) is 82.3 Å². The van der Waals surface area contributed by atoms with Crippen molar-refractivity contribution >= 4 is 11.5 Å². The van der Waals surface area contributed by atoms with Gasteiger partial charge in [-0.1, -0.05) is 12.1 Å². The van der Waals surface area contributed by atoms with E-state index in [1.165, 1.54) is 31.3 Å². The smallest absolute Gasteiger partial charge is 0.331 e. The van der Waals surface area contributed by atoms with Crippen LogP contribution in [0.4, 0.5) is 5.69 Å². The van der Waals surface area contributed by atoms with Crippen LogP contribution in [0, 0.1) is 10.1 Å². The Balaban J connectivity index is 2.34. The van der Waals surface area contributed by atoms with Gasteiger partial charge in [0.25, 0.3) is 5.88 Å². The van der Waals surface area contributed by atoms with Crippen LogP contribution in [0.5, 0.6) is 11.6 Å². The summed E-state index contributed by atoms with van der Waals surface area (Å²) in [6, 6.07) is 9.16. The highest BCUT2D eigenvalue weighted by Gasteiger charge is 2.16. The molecule has 1 heterocycles. The molecule has 0 radical (unpaired) electrons. The summed E-state index contributed by atoms with van der Waals surface area (Å²) in [6.07, 6.45) is 1.40. The summed E-state index contributed by atoms with van der Waals surface area (Å²) in [5.74, 6) is 0.115. The van der Waals surface area contributed by atoms with Crippen molar-refractivity contribution in [3.63, 3.8) is 0 Å². The molecule has 0 saturated carbocycles. The number of carbonyl (C=O) groups is 1. The van der Waals surface area contributed by atoms with Gasteiger partial charge < -0.3 is 4.74 Å². The SMILES string of the molecule is CC(=O)c1cccc(Oc2ncccc2[N+](=O)[O-])c1. The van der Waals surface area contributed by atoms with Gasteiger partial charge in [-0.05, 0) is 25.1 Å². The number of ketones is 1. The molecule has 1 aromatic heterocycles. The quantitative estimate of drug-likeness (QED) is 0.478. The summed E-state index contributed by atoms with van der Waals surface area (Å²) < 4.78 is 5.36. The van der Waals surface area contributed by atoms with Gasteiger partial charge in [0, 0.05) is 17.8 Å². The molecule has 96 valence electrons. The van der Waals surface area contributed by atoms with E-state index >= 15 is 0 Å². The van der Waals surface area contributed by atoms with E-state index in [9.17, 15) is 14.9 Å². The number of nitrogens with zero attached hydrogens (tertiary/aromatic N) is 2. The van der Waals surface area contributed by atoms with Crippen molar-refractivity contribution in [2.75, 3.05) is 0 Å². The largest absolute Gasteiger partial charge is 0.434 e. The average molecular weight is 258 g/mol. The monoisotopic (exact) mass is 258 g/mol. The molecule has 2 aromatic rings. The number of benzene rings is 1. The molecule has 0 fully saturated rings. The fourth-order valence-electron chi connectivity index (χ4n) is 1.49. The fraction of sp³-hybridized carbons (Fsp3) is 0.0769. The third kappa shape index (κ3) is 2.92. The number of aromatic nitrogens is 1. The minimum Gasteiger partial charge on any atom is -0.434 e. The molecule has 0 atom stereocenters. The van der Waals surface area contributed by atoms with E-state index in [1.54, 1.807) is 18.2 Å². The Morgan fingerprint density at radius 3 is 2.79 bits per heavy atom. The summed E-state index contributed by atoms with van der Waals surface area (Å²) in [5.41, 5.74) is 0.242. The standard InChI is InChI=1S/C13H10N2O4/c1-9(16)10-4-2-5-11(8-10)19-13-12(15(17)18)6-3-7-14-13/h2-8H,1H3. The Morgan fingerprint density at radius 1 is 1.32 bits per heavy atom. The lowest BCUT2D eigenvalue weighted by Gasteiger charge is -2.05. The van der Waals surface area contributed by atoms with E-state index in [4.69, 9.17) is 4.74 Å². The van der Waals surface area contributed by atoms with E-state index in [-0.39, 0.29) is 17.4 Å². The predicted molar refractivity (Wildman–Crippen MR) is 67.4 cm³/mol. The lowest BCUT2D eigenvalue weighted by Crippen LogP contribution is -1.97. The first-order chi connectivity index (χ1) is 9.08. The van der Waals surface area contributed by atoms with Gasteiger partial charge in [0.2, 0.25) is 0 Å². The zero-order chi connectivity index (χ0) is 13.8. The van der Waals surface area contributed by atoms with Gasteiger partial charge in [-0.15, -0.1) is 0 Å². The number of rotatable bonds is 4. The Bertz CT molecular complexity index is 640. The molecule has 0 saturated heterocycles. The third-order valence-electron chi connectivity index (χ3n) is 2.40. The summed E-state index contributed by atoms with van der Waals surface area (Å²) >= 11 is 0. The maximum Gasteiger partial charge on any atom is 0.331 e. The first kappa shape index (κ1) is 12.7. The molecule has 6 heteroatoms. The first-order valence-electron chi connectivity index (χ1n) is 5.46. The number of pyridine rings is 1. The van der Waals surface area contributed by atoms with Crippen LogP contribution >= 0.6 is 0 Å². The molecular weight excluding hydrogens is 248 g/mol. The van der Waals surface area contributed by atoms with Crippen LogP contribution in [0.3, 0.4) is 0 Å². The van der Waals surface area contributed by atoms with Crippen molar-refractivity contribution in [3.05, 3.63) is 58.3 Å². The van der Waals surface area contributed by atoms with Crippen molar-refractivity contribution in [2.24, 2.45) is 0 Å². The highest BCUT2D eigenvalue weighted by Crippen LogP contribution is 2.28. The number of hydrogen-bond donors (Lipinski definition) is 0. The maximum absolute atomic E-state index is 11.2. The van der Waals surface area contributed by atoms with E-state index < -0.39 is 4.92 Å². The van der Waals surface area contributed by atoms with Gasteiger partial charge in [0.15, 0.2) is 5.78 Å². The molecule has 0 bridgehead atoms. The molecule has 0 aliphatic rings. The summed E-state index contributed by atoms with van der Waals surface area (Å²) in [6.45, 7) is 1.43. The zero-order valence-corrected chi connectivity index (χ0v) is 10.1. The molecule has 0 amide bonds. The molecule has 0 aliphatic carbocycles. The summed E-state index contributed by atoms with van der Waals surface area (Å²) in [4.78, 5) is 25.3. The Hall–Kier alpha value is -2.76. The van der Waals surface area contributed by atoms with Gasteiger partial charge in [-0.3, -0.25) is 14.9 Å². The van der Waals surface area contributed by atoms with Crippen LogP contribution in [0.25, 0.3) is 0 Å². The first-order valence-corrected chi connectivity index (χ1v) is 5.46. The van der Waals surface area contributed by atoms with Gasteiger partial charge in [-0.2, -0.15) is 0 Å². The summed E-state index contributed by atoms with van der Waals surface area (Å²) in [5, 5.41) is 10.8. The second-order valence-corrected chi connectivity index (χ2v) is 3.77. The highest BCUT2D eigenvalue weighted by molar-refractivity contribution is 5.94. The van der Waals surface area contributed by atoms with Crippen LogP contribution < -0.4 is 4.74 Å². The normalized spacial score (nSPS) is 9.95. The fourth-order valence-corrected chi connectivity index (χ4v) is 1.49. The molecule has 0 aliphatic heterocycles. The van der Waals surface area contributed by atoms with Crippen LogP contribution in [0.2, 0.25) is 0 Å². The highest BCUT2D eigenvalue weighted by atomic mass is 16.6. The average Bonchev–Trinajstić information content (AvgIpc) is 2.39. The lowest BCUT2D eigenvalue weighted by atomic mass is 10.1. The van der Waals surface area contributed by atoms with Crippen molar-refractivity contribution in [2.45, 2.75) is 6.92 Å². The van der Waals surface area contributed by atoms with Crippen molar-refractivity contribution < 1.29 is 14.5 Å². The van der Waals surface area contributed by atoms with Gasteiger partial charge >= 0.3 is 5.69 Å². The molecule has 0 spiro atoms. The van der Waals surface area contributed by atoms with E-state index in [1.807, 2.05) is 0 Å². The maximum atomic E-state index is 11.2. The summed E-state index contributed by atoms with van der Waals surface area (Å²) in [7, 11) is 0. The number of nitro groups is 1. The number of hydrogen-bond acceptors (Lipinski definition) is 5. The number of Topliss-reactive ketones (excluding diaryl/α,β-unsaturated/α-hetero) is 1. The van der Waals surface area contributed by atoms with Crippen molar-refractivity contribution in [1.29, 1.82) is 0 Å². The van der Waals surface area contributed by atoms with Crippen molar-refractivity contribution in [1.82, 2.24) is 4.98 Å². The van der Waals surface area contributed by atoms with Gasteiger partial charge in [0.05, 0.1) is 4.92 Å². The molecular formula is C13H10N2O4. The Morgan fingerprint density at radius 2 is 2.11 bits per heavy atom. The van der Waals surface area contributed by atoms with Crippen LogP contribution in [0.1, 0.15) is 17.3 Å². The number of ether oxygens (including phenoxy) is 1. The van der Waals surface area contributed by atoms with E-state index in [2.05, 4.69) is 4.98 Å². The van der Waals surface area contributed by atoms with Crippen LogP contribution in [-0.2, 0) is 0 Å². The lowest BCUT2D eigenvalue weighted by molar-refractivity contribution is -0.386. The Kier molecular flexibility index (Phi) is 3.51. The molecule has 0 unspecified atom stereocenters. The van der Waals surface area contributed by atoms with Gasteiger partial charge in [0.1, 0.15) is 5.75 Å². The molecule has 2 rings (SSSR count). The Labute approximate surface area is 108 Å². The molecule has 19 heavy (non-hydrogen) atoms. The minimum atomic E-state index is -0.572. The van der Waals surface area contributed by atoms with Crippen LogP contribution in [0.15, 0.2) is 42.6 Å². The van der Waals surface area contributed by atoms with Crippen LogP contribution in [-0.4, -0.2) is 15.7 Å². The zero-order valence-electron chi connectivity index (χ0n) is 10.1. The van der Waals surface area contributed by atoms with E-state index in [0.717, 1.165) is 0 Å². The van der Waals surface area contributed by atoms with Gasteiger partial charge in [-0.25, -0.2) is 4.98 Å². The molecule has 1 aromatic carbocycles. The molecule has 0 N–H and O–H groups in total. The van der Waals surface area contributed by atoms with Crippen molar-refractivity contribution in [3.8, 4) is 11.6 Å². The van der Waals surface area contributed by atoms with E-state index in [0.29, 0.717) is 11.3 Å². The third-order valence-corrected chi connectivity index (χ3v) is 2.40. The molecule has 6 nitrogen and oxygen atoms in total.